The topological polar surface area (TPSA) is 26.3 Å². The third-order valence-electron chi connectivity index (χ3n) is 27.0. The zero-order chi connectivity index (χ0) is 45.2. The van der Waals surface area contributed by atoms with Gasteiger partial charge in [-0.25, -0.2) is 0 Å². The van der Waals surface area contributed by atoms with Crippen molar-refractivity contribution in [3.8, 4) is 0 Å². The highest BCUT2D eigenvalue weighted by Gasteiger charge is 2.94. The summed E-state index contributed by atoms with van der Waals surface area (Å²) < 4.78 is 5.85. The van der Waals surface area contributed by atoms with Crippen LogP contribution in [0.5, 0.6) is 0 Å². The minimum absolute atomic E-state index is 0.0450. The fraction of sp³-hybridized carbons (Fsp3) is 0.110. The van der Waals surface area contributed by atoms with Crippen LogP contribution in [0.25, 0.3) is 291 Å². The van der Waals surface area contributed by atoms with E-state index in [-0.39, 0.29) is 22.2 Å². The summed E-state index contributed by atoms with van der Waals surface area (Å²) in [5.41, 5.74) is 7.34. The summed E-state index contributed by atoms with van der Waals surface area (Å²) in [5, 5.41) is 88.5. The molecule has 320 valence electrons. The largest absolute Gasteiger partial charge is 0.466 e. The Morgan fingerprint density at radius 1 is 0.307 bits per heavy atom. The molecule has 5 aliphatic rings. The lowest BCUT2D eigenvalue weighted by Gasteiger charge is -2.32. The molecule has 0 bridgehead atoms. The Hall–Kier alpha value is -8.85. The van der Waals surface area contributed by atoms with E-state index in [0.717, 1.165) is 12.8 Å². The maximum absolute atomic E-state index is 13.9. The maximum atomic E-state index is 13.9. The molecular weight excluding hydrogens is 909 g/mol. The average molecular weight is 925 g/mol. The van der Waals surface area contributed by atoms with Crippen molar-refractivity contribution >= 4 is 297 Å². The molecule has 2 heteroatoms. The Balaban J connectivity index is 1.09. The second kappa shape index (κ2) is 6.76. The standard InChI is InChI=1S/C73H16O2/c1-2-75-12(74)9-6-10-71(11-7-4-3-5-8-11)72-67-59-51-41-31-23-15-13-14-17-21-19(15)27-35-29(21)39-33-25(17)26-18(14)22-20-16(13)24(23)32-38-28(20)36-30(22)40-34(26)44-43(33)53-47(39)57-49(35)55(45(51)37(27)31)63(67)65(57)69-61(53)62-54(44)48(40)58-50(36)56-46(38)52(42(32)41)60(59)68(72)64(56)66(58)70(62)73(69,71)72/h3-5,7-8H,2,6,9-10H2,1H3. The molecule has 1 fully saturated rings. The summed E-state index contributed by atoms with van der Waals surface area (Å²) in [4.78, 5) is 13.9. The van der Waals surface area contributed by atoms with Gasteiger partial charge in [-0.3, -0.25) is 4.79 Å². The molecule has 2 spiro atoms. The van der Waals surface area contributed by atoms with Crippen LogP contribution in [0, 0.1) is 0 Å². The highest BCUT2D eigenvalue weighted by molar-refractivity contribution is 6.82. The molecule has 29 aromatic carbocycles. The van der Waals surface area contributed by atoms with E-state index in [2.05, 4.69) is 30.3 Å². The molecule has 0 saturated heterocycles. The van der Waals surface area contributed by atoms with Gasteiger partial charge in [-0.05, 0) is 338 Å². The smallest absolute Gasteiger partial charge is 0.305 e. The SMILES string of the molecule is CCOC(=O)CCCC1(c2ccccc2)C23c4c5c6c7c8c9c(c%10c%11c2c2c4c4c%12c5c5c6c6c8c8c%13c9c9c%10c%10c%11c%11c2c2c4c4c%12c%12c5c5c6c8c6c8c%13c9c9c%10c%10c%11c2c2c4c4c%12c5c6c5c8c9c%10c2c45)C713. The van der Waals surface area contributed by atoms with Crippen molar-refractivity contribution in [3.63, 3.8) is 0 Å². The molecule has 5 aliphatic carbocycles. The first-order chi connectivity index (χ1) is 37.3. The predicted octanol–water partition coefficient (Wildman–Crippen LogP) is 19.0. The third-order valence-corrected chi connectivity index (χ3v) is 27.0. The van der Waals surface area contributed by atoms with Gasteiger partial charge in [0, 0.05) is 22.7 Å². The minimum Gasteiger partial charge on any atom is -0.466 e. The lowest BCUT2D eigenvalue weighted by atomic mass is 9.68. The molecular formula is C73H16O2. The molecule has 0 unspecified atom stereocenters. The van der Waals surface area contributed by atoms with Crippen molar-refractivity contribution in [2.75, 3.05) is 6.61 Å². The van der Waals surface area contributed by atoms with Gasteiger partial charge in [-0.1, -0.05) is 30.3 Å². The van der Waals surface area contributed by atoms with E-state index >= 15 is 0 Å². The van der Waals surface area contributed by atoms with Gasteiger partial charge in [0.2, 0.25) is 0 Å². The number of benzene rings is 19. The van der Waals surface area contributed by atoms with Gasteiger partial charge in [0.05, 0.1) is 6.61 Å². The number of carbonyl (C=O) groups excluding carboxylic acids is 1. The quantitative estimate of drug-likeness (QED) is 0.123. The van der Waals surface area contributed by atoms with Crippen LogP contribution in [0.1, 0.15) is 54.0 Å². The Morgan fingerprint density at radius 2 is 0.507 bits per heavy atom. The number of hydrogen-bond donors (Lipinski definition) is 0. The van der Waals surface area contributed by atoms with E-state index in [1.165, 1.54) is 5.56 Å². The van der Waals surface area contributed by atoms with Crippen LogP contribution in [-0.4, -0.2) is 12.6 Å². The van der Waals surface area contributed by atoms with Crippen LogP contribution in [0.15, 0.2) is 30.3 Å². The van der Waals surface area contributed by atoms with Gasteiger partial charge >= 0.3 is 5.97 Å². The van der Waals surface area contributed by atoms with Crippen LogP contribution >= 0.6 is 0 Å². The van der Waals surface area contributed by atoms with Gasteiger partial charge in [0.15, 0.2) is 0 Å². The summed E-state index contributed by atoms with van der Waals surface area (Å²) in [6.45, 7) is 2.40. The summed E-state index contributed by atoms with van der Waals surface area (Å²) in [7, 11) is 0. The fourth-order valence-corrected chi connectivity index (χ4v) is 27.1. The normalized spacial score (nSPS) is 23.4. The molecule has 0 atom stereocenters. The van der Waals surface area contributed by atoms with E-state index < -0.39 is 0 Å². The van der Waals surface area contributed by atoms with E-state index in [9.17, 15) is 4.79 Å². The molecule has 34 rings (SSSR count). The Kier molecular flexibility index (Phi) is 2.63. The minimum atomic E-state index is -0.346. The highest BCUT2D eigenvalue weighted by Crippen LogP contribution is 2.97. The summed E-state index contributed by atoms with van der Waals surface area (Å²) >= 11 is 0. The number of carbonyl (C=O) groups is 1. The lowest BCUT2D eigenvalue weighted by Crippen LogP contribution is -2.27. The van der Waals surface area contributed by atoms with Crippen LogP contribution in [0.4, 0.5) is 0 Å². The number of hydrogen-bond acceptors (Lipinski definition) is 2. The van der Waals surface area contributed by atoms with E-state index in [4.69, 9.17) is 4.74 Å². The van der Waals surface area contributed by atoms with Crippen LogP contribution in [0.3, 0.4) is 0 Å². The molecule has 2 nitrogen and oxygen atoms in total. The lowest BCUT2D eigenvalue weighted by molar-refractivity contribution is -0.143. The van der Waals surface area contributed by atoms with Crippen molar-refractivity contribution in [1.29, 1.82) is 0 Å². The molecule has 0 N–H and O–H groups in total. The zero-order valence-corrected chi connectivity index (χ0v) is 39.0. The zero-order valence-electron chi connectivity index (χ0n) is 39.0. The predicted molar refractivity (Wildman–Crippen MR) is 312 cm³/mol. The number of esters is 1. The van der Waals surface area contributed by atoms with Crippen molar-refractivity contribution < 1.29 is 9.53 Å². The second-order valence-corrected chi connectivity index (χ2v) is 27.2. The van der Waals surface area contributed by atoms with E-state index in [0.29, 0.717) is 13.0 Å². The summed E-state index contributed by atoms with van der Waals surface area (Å²) in [6, 6.07) is 12.1. The first kappa shape index (κ1) is 29.1. The molecule has 0 heterocycles. The molecule has 1 saturated carbocycles. The Labute approximate surface area is 411 Å². The van der Waals surface area contributed by atoms with Crippen LogP contribution < -0.4 is 0 Å². The molecule has 0 aliphatic heterocycles. The van der Waals surface area contributed by atoms with Gasteiger partial charge in [0.1, 0.15) is 0 Å². The fourth-order valence-electron chi connectivity index (χ4n) is 27.1. The van der Waals surface area contributed by atoms with Crippen molar-refractivity contribution in [2.45, 2.75) is 42.4 Å². The summed E-state index contributed by atoms with van der Waals surface area (Å²) in [6.07, 6.45) is 2.20. The molecule has 0 aromatic heterocycles. The Morgan fingerprint density at radius 3 is 0.707 bits per heavy atom. The van der Waals surface area contributed by atoms with Gasteiger partial charge in [-0.15, -0.1) is 0 Å². The third kappa shape index (κ3) is 1.59. The monoisotopic (exact) mass is 924 g/mol. The summed E-state index contributed by atoms with van der Waals surface area (Å²) in [5.74, 6) is -0.0450. The second-order valence-electron chi connectivity index (χ2n) is 27.2. The van der Waals surface area contributed by atoms with Gasteiger partial charge in [-0.2, -0.15) is 0 Å². The van der Waals surface area contributed by atoms with Crippen LogP contribution in [0.2, 0.25) is 0 Å². The first-order valence-corrected chi connectivity index (χ1v) is 28.3. The van der Waals surface area contributed by atoms with Crippen molar-refractivity contribution in [3.05, 3.63) is 58.1 Å². The van der Waals surface area contributed by atoms with Crippen LogP contribution in [-0.2, 0) is 25.8 Å². The maximum Gasteiger partial charge on any atom is 0.305 e. The first-order valence-electron chi connectivity index (χ1n) is 28.3. The van der Waals surface area contributed by atoms with Crippen molar-refractivity contribution in [2.24, 2.45) is 0 Å². The Bertz CT molecular complexity index is 6990. The average Bonchev–Trinajstić information content (AvgIpc) is 1.53. The molecule has 0 radical (unpaired) electrons. The van der Waals surface area contributed by atoms with E-state index in [1.807, 2.05) is 6.92 Å². The molecule has 29 aromatic rings. The molecule has 75 heavy (non-hydrogen) atoms. The highest BCUT2D eigenvalue weighted by atomic mass is 16.5. The van der Waals surface area contributed by atoms with Gasteiger partial charge < -0.3 is 4.74 Å². The molecule has 0 amide bonds. The van der Waals surface area contributed by atoms with Crippen molar-refractivity contribution in [1.82, 2.24) is 0 Å². The van der Waals surface area contributed by atoms with E-state index in [1.54, 1.807) is 313 Å². The number of ether oxygens (including phenoxy) is 1. The van der Waals surface area contributed by atoms with Gasteiger partial charge in [0.25, 0.3) is 0 Å². The number of rotatable bonds is 6.